The van der Waals surface area contributed by atoms with Crippen molar-refractivity contribution >= 4 is 40.5 Å². The van der Waals surface area contributed by atoms with Crippen molar-refractivity contribution in [3.63, 3.8) is 0 Å². The maximum absolute atomic E-state index is 11.9. The lowest BCUT2D eigenvalue weighted by atomic mass is 10.2. The number of benzene rings is 2. The Hall–Kier alpha value is -2.31. The molecular weight excluding hydrogens is 343 g/mol. The summed E-state index contributed by atoms with van der Waals surface area (Å²) in [6.45, 7) is 0.0942. The molecule has 0 saturated carbocycles. The molecule has 0 atom stereocenters. The first kappa shape index (κ1) is 17.1. The Balaban J connectivity index is 1.93. The smallest absolute Gasteiger partial charge is 0.294 e. The lowest BCUT2D eigenvalue weighted by Gasteiger charge is -2.09. The number of nitro benzene ring substituents is 1. The second-order valence-electron chi connectivity index (χ2n) is 4.50. The van der Waals surface area contributed by atoms with Gasteiger partial charge in [0, 0.05) is 11.1 Å². The molecule has 1 amide bonds. The molecule has 120 valence electrons. The Morgan fingerprint density at radius 2 is 1.96 bits per heavy atom. The van der Waals surface area contributed by atoms with Crippen LogP contribution < -0.4 is 10.1 Å². The number of para-hydroxylation sites is 1. The molecule has 23 heavy (non-hydrogen) atoms. The van der Waals surface area contributed by atoms with Gasteiger partial charge in [0.05, 0.1) is 23.0 Å². The standard InChI is InChI=1S/C15H12Cl2N2O4/c16-10-5-6-12(13(9-10)19(21)22)18-15(20)7-8-23-14-4-2-1-3-11(14)17/h1-6,9H,7-8H2,(H,18,20). The highest BCUT2D eigenvalue weighted by atomic mass is 35.5. The van der Waals surface area contributed by atoms with Crippen molar-refractivity contribution in [2.24, 2.45) is 0 Å². The second-order valence-corrected chi connectivity index (χ2v) is 5.34. The lowest BCUT2D eigenvalue weighted by Crippen LogP contribution is -2.16. The van der Waals surface area contributed by atoms with E-state index < -0.39 is 10.8 Å². The molecule has 0 heterocycles. The highest BCUT2D eigenvalue weighted by molar-refractivity contribution is 6.32. The van der Waals surface area contributed by atoms with Crippen molar-refractivity contribution in [3.8, 4) is 5.75 Å². The van der Waals surface area contributed by atoms with Gasteiger partial charge in [-0.3, -0.25) is 14.9 Å². The second kappa shape index (κ2) is 7.80. The van der Waals surface area contributed by atoms with E-state index in [9.17, 15) is 14.9 Å². The van der Waals surface area contributed by atoms with Crippen molar-refractivity contribution < 1.29 is 14.5 Å². The van der Waals surface area contributed by atoms with E-state index in [1.54, 1.807) is 24.3 Å². The predicted molar refractivity (Wildman–Crippen MR) is 88.3 cm³/mol. The van der Waals surface area contributed by atoms with Gasteiger partial charge in [0.1, 0.15) is 11.4 Å². The molecule has 0 aliphatic heterocycles. The van der Waals surface area contributed by atoms with E-state index in [1.165, 1.54) is 18.2 Å². The third-order valence-corrected chi connectivity index (χ3v) is 3.40. The third-order valence-electron chi connectivity index (χ3n) is 2.85. The van der Waals surface area contributed by atoms with Gasteiger partial charge in [0.25, 0.3) is 5.69 Å². The molecule has 2 aromatic carbocycles. The van der Waals surface area contributed by atoms with Crippen LogP contribution >= 0.6 is 23.2 Å². The predicted octanol–water partition coefficient (Wildman–Crippen LogP) is 4.31. The average molecular weight is 355 g/mol. The summed E-state index contributed by atoms with van der Waals surface area (Å²) in [5.41, 5.74) is -0.181. The summed E-state index contributed by atoms with van der Waals surface area (Å²) in [6.07, 6.45) is 0.0189. The zero-order valence-corrected chi connectivity index (χ0v) is 13.3. The third kappa shape index (κ3) is 4.84. The number of hydrogen-bond acceptors (Lipinski definition) is 4. The quantitative estimate of drug-likeness (QED) is 0.618. The van der Waals surface area contributed by atoms with Crippen LogP contribution in [0.4, 0.5) is 11.4 Å². The van der Waals surface area contributed by atoms with Crippen LogP contribution in [0.15, 0.2) is 42.5 Å². The number of halogens is 2. The Bertz CT molecular complexity index is 737. The minimum Gasteiger partial charge on any atom is -0.491 e. The first-order valence-electron chi connectivity index (χ1n) is 6.58. The Morgan fingerprint density at radius 1 is 1.22 bits per heavy atom. The summed E-state index contributed by atoms with van der Waals surface area (Å²) in [4.78, 5) is 22.2. The number of nitro groups is 1. The molecular formula is C15H12Cl2N2O4. The minimum absolute atomic E-state index is 0.0189. The summed E-state index contributed by atoms with van der Waals surface area (Å²) in [5, 5.41) is 14.1. The number of nitrogens with one attached hydrogen (secondary N) is 1. The molecule has 0 aliphatic carbocycles. The van der Waals surface area contributed by atoms with Crippen LogP contribution in [0.2, 0.25) is 10.0 Å². The molecule has 8 heteroatoms. The fourth-order valence-electron chi connectivity index (χ4n) is 1.79. The summed E-state index contributed by atoms with van der Waals surface area (Å²) in [7, 11) is 0. The molecule has 0 unspecified atom stereocenters. The number of nitrogens with zero attached hydrogens (tertiary/aromatic N) is 1. The van der Waals surface area contributed by atoms with Gasteiger partial charge in [-0.15, -0.1) is 0 Å². The largest absolute Gasteiger partial charge is 0.491 e. The van der Waals surface area contributed by atoms with Gasteiger partial charge in [0.2, 0.25) is 5.91 Å². The molecule has 0 bridgehead atoms. The van der Waals surface area contributed by atoms with E-state index >= 15 is 0 Å². The van der Waals surface area contributed by atoms with E-state index in [4.69, 9.17) is 27.9 Å². The van der Waals surface area contributed by atoms with Crippen LogP contribution in [0.1, 0.15) is 6.42 Å². The van der Waals surface area contributed by atoms with E-state index in [1.807, 2.05) is 0 Å². The molecule has 6 nitrogen and oxygen atoms in total. The van der Waals surface area contributed by atoms with Crippen molar-refractivity contribution in [1.82, 2.24) is 0 Å². The number of ether oxygens (including phenoxy) is 1. The molecule has 0 spiro atoms. The average Bonchev–Trinajstić information content (AvgIpc) is 2.51. The van der Waals surface area contributed by atoms with Gasteiger partial charge in [-0.25, -0.2) is 0 Å². The number of carbonyl (C=O) groups excluding carboxylic acids is 1. The van der Waals surface area contributed by atoms with Crippen molar-refractivity contribution in [2.75, 3.05) is 11.9 Å². The first-order valence-corrected chi connectivity index (χ1v) is 7.34. The van der Waals surface area contributed by atoms with Gasteiger partial charge in [0.15, 0.2) is 0 Å². The summed E-state index contributed by atoms with van der Waals surface area (Å²) < 4.78 is 5.39. The Morgan fingerprint density at radius 3 is 2.65 bits per heavy atom. The zero-order chi connectivity index (χ0) is 16.8. The Kier molecular flexibility index (Phi) is 5.78. The van der Waals surface area contributed by atoms with Crippen LogP contribution in [-0.2, 0) is 4.79 Å². The highest BCUT2D eigenvalue weighted by Crippen LogP contribution is 2.28. The van der Waals surface area contributed by atoms with Gasteiger partial charge >= 0.3 is 0 Å². The van der Waals surface area contributed by atoms with Gasteiger partial charge in [-0.1, -0.05) is 35.3 Å². The molecule has 0 radical (unpaired) electrons. The minimum atomic E-state index is -0.609. The van der Waals surface area contributed by atoms with Gasteiger partial charge < -0.3 is 10.1 Å². The number of hydrogen-bond donors (Lipinski definition) is 1. The topological polar surface area (TPSA) is 81.5 Å². The summed E-state index contributed by atoms with van der Waals surface area (Å²) in [5.74, 6) is 0.0573. The van der Waals surface area contributed by atoms with Crippen LogP contribution in [-0.4, -0.2) is 17.4 Å². The van der Waals surface area contributed by atoms with Crippen LogP contribution in [0.3, 0.4) is 0 Å². The van der Waals surface area contributed by atoms with E-state index in [0.717, 1.165) is 0 Å². The van der Waals surface area contributed by atoms with Crippen molar-refractivity contribution in [1.29, 1.82) is 0 Å². The zero-order valence-electron chi connectivity index (χ0n) is 11.8. The number of anilines is 1. The van der Waals surface area contributed by atoms with Crippen molar-refractivity contribution in [2.45, 2.75) is 6.42 Å². The molecule has 2 aromatic rings. The molecule has 2 rings (SSSR count). The van der Waals surface area contributed by atoms with E-state index in [-0.39, 0.29) is 29.4 Å². The normalized spacial score (nSPS) is 10.2. The van der Waals surface area contributed by atoms with Crippen molar-refractivity contribution in [3.05, 3.63) is 62.6 Å². The number of carbonyl (C=O) groups is 1. The van der Waals surface area contributed by atoms with Gasteiger partial charge in [-0.2, -0.15) is 0 Å². The summed E-state index contributed by atoms with van der Waals surface area (Å²) >= 11 is 11.6. The van der Waals surface area contributed by atoms with Crippen LogP contribution in [0.25, 0.3) is 0 Å². The fraction of sp³-hybridized carbons (Fsp3) is 0.133. The molecule has 1 N–H and O–H groups in total. The SMILES string of the molecule is O=C(CCOc1ccccc1Cl)Nc1ccc(Cl)cc1[N+](=O)[O-]. The molecule has 0 saturated heterocycles. The van der Waals surface area contributed by atoms with E-state index in [2.05, 4.69) is 5.32 Å². The number of rotatable bonds is 6. The summed E-state index contributed by atoms with van der Waals surface area (Å²) in [6, 6.07) is 10.9. The maximum atomic E-state index is 11.9. The molecule has 0 aromatic heterocycles. The Labute approximate surface area is 142 Å². The number of amides is 1. The van der Waals surface area contributed by atoms with Crippen LogP contribution in [0.5, 0.6) is 5.75 Å². The van der Waals surface area contributed by atoms with Gasteiger partial charge in [-0.05, 0) is 24.3 Å². The fourth-order valence-corrected chi connectivity index (χ4v) is 2.15. The molecule has 0 fully saturated rings. The lowest BCUT2D eigenvalue weighted by molar-refractivity contribution is -0.383. The van der Waals surface area contributed by atoms with Crippen LogP contribution in [0, 0.1) is 10.1 Å². The van der Waals surface area contributed by atoms with E-state index in [0.29, 0.717) is 10.8 Å². The first-order chi connectivity index (χ1) is 11.0. The molecule has 0 aliphatic rings. The highest BCUT2D eigenvalue weighted by Gasteiger charge is 2.16. The monoisotopic (exact) mass is 354 g/mol. The maximum Gasteiger partial charge on any atom is 0.294 e.